The Morgan fingerprint density at radius 1 is 1.64 bits per heavy atom. The number of hydrogen-bond donors (Lipinski definition) is 1. The van der Waals surface area contributed by atoms with E-state index in [0.717, 1.165) is 0 Å². The van der Waals surface area contributed by atoms with Crippen LogP contribution in [0.15, 0.2) is 0 Å². The molecule has 0 fully saturated rings. The van der Waals surface area contributed by atoms with E-state index < -0.39 is 18.1 Å². The number of aliphatic carboxylic acids is 1. The molecule has 0 saturated heterocycles. The number of ether oxygens (including phenoxy) is 1. The molecule has 1 N–H and O–H groups in total. The molecule has 0 radical (unpaired) electrons. The molecule has 0 aliphatic carbocycles. The van der Waals surface area contributed by atoms with Crippen LogP contribution in [0.4, 0.5) is 4.79 Å². The van der Waals surface area contributed by atoms with Crippen molar-refractivity contribution in [2.45, 2.75) is 19.4 Å². The summed E-state index contributed by atoms with van der Waals surface area (Å²) in [6.07, 6.45) is -0.853. The molecule has 0 aliphatic heterocycles. The van der Waals surface area contributed by atoms with Crippen molar-refractivity contribution in [3.8, 4) is 0 Å². The summed E-state index contributed by atoms with van der Waals surface area (Å²) < 4.78 is 4.24. The van der Waals surface area contributed by atoms with Crippen molar-refractivity contribution in [3.63, 3.8) is 0 Å². The monoisotopic (exact) mass is 160 g/mol. The molecule has 0 aromatic carbocycles. The highest BCUT2D eigenvalue weighted by molar-refractivity contribution is 5.69. The molecule has 1 atom stereocenters. The van der Waals surface area contributed by atoms with Crippen molar-refractivity contribution in [2.75, 3.05) is 7.11 Å². The Hall–Kier alpha value is -1.26. The van der Waals surface area contributed by atoms with Crippen molar-refractivity contribution in [1.82, 2.24) is 5.32 Å². The predicted molar refractivity (Wildman–Crippen MR) is 34.6 cm³/mol. The number of carbonyl (C=O) groups excluding carboxylic acids is 2. The number of alkyl carbamates (subject to hydrolysis) is 1. The Morgan fingerprint density at radius 3 is 2.55 bits per heavy atom. The third kappa shape index (κ3) is 5.20. The molecule has 64 valence electrons. The van der Waals surface area contributed by atoms with Crippen molar-refractivity contribution in [2.24, 2.45) is 0 Å². The fourth-order valence-corrected chi connectivity index (χ4v) is 0.561. The molecule has 5 nitrogen and oxygen atoms in total. The minimum atomic E-state index is -1.20. The molecule has 1 unspecified atom stereocenters. The molecule has 11 heavy (non-hydrogen) atoms. The van der Waals surface area contributed by atoms with Crippen LogP contribution in [0.5, 0.6) is 0 Å². The first-order valence-electron chi connectivity index (χ1n) is 3.10. The van der Waals surface area contributed by atoms with Gasteiger partial charge in [-0.3, -0.25) is 0 Å². The van der Waals surface area contributed by atoms with E-state index in [2.05, 4.69) is 10.1 Å². The van der Waals surface area contributed by atoms with E-state index in [1.165, 1.54) is 7.11 Å². The summed E-state index contributed by atoms with van der Waals surface area (Å²) in [4.78, 5) is 20.4. The highest BCUT2D eigenvalue weighted by atomic mass is 16.5. The maximum absolute atomic E-state index is 10.5. The van der Waals surface area contributed by atoms with Gasteiger partial charge in [-0.25, -0.2) is 4.79 Å². The first kappa shape index (κ1) is 9.74. The van der Waals surface area contributed by atoms with Crippen LogP contribution in [-0.4, -0.2) is 25.2 Å². The number of nitrogens with one attached hydrogen (secondary N) is 1. The average molecular weight is 160 g/mol. The third-order valence-electron chi connectivity index (χ3n) is 1.02. The fraction of sp³-hybridized carbons (Fsp3) is 0.667. The third-order valence-corrected chi connectivity index (χ3v) is 1.02. The Morgan fingerprint density at radius 2 is 2.18 bits per heavy atom. The highest BCUT2D eigenvalue weighted by Crippen LogP contribution is 1.88. The highest BCUT2D eigenvalue weighted by Gasteiger charge is 2.05. The lowest BCUT2D eigenvalue weighted by molar-refractivity contribution is -0.306. The van der Waals surface area contributed by atoms with Gasteiger partial charge in [0.15, 0.2) is 0 Å². The van der Waals surface area contributed by atoms with Crippen molar-refractivity contribution >= 4 is 12.1 Å². The van der Waals surface area contributed by atoms with E-state index in [1.807, 2.05) is 0 Å². The smallest absolute Gasteiger partial charge is 0.407 e. The standard InChI is InChI=1S/C6H11NO4/c1-4(3-5(8)9)7-6(10)11-2/h4H,3H2,1-2H3,(H,7,10)(H,8,9)/p-1. The minimum absolute atomic E-state index is 0.213. The molecule has 0 aliphatic rings. The summed E-state index contributed by atoms with van der Waals surface area (Å²) in [5.74, 6) is -1.20. The van der Waals surface area contributed by atoms with E-state index in [-0.39, 0.29) is 6.42 Å². The zero-order chi connectivity index (χ0) is 8.85. The van der Waals surface area contributed by atoms with Gasteiger partial charge < -0.3 is 20.0 Å². The van der Waals surface area contributed by atoms with Gasteiger partial charge in [-0.1, -0.05) is 0 Å². The molecule has 0 spiro atoms. The minimum Gasteiger partial charge on any atom is -0.550 e. The van der Waals surface area contributed by atoms with E-state index in [1.54, 1.807) is 6.92 Å². The number of methoxy groups -OCH3 is 1. The SMILES string of the molecule is COC(=O)NC(C)CC(=O)[O-]. The van der Waals surface area contributed by atoms with E-state index in [0.29, 0.717) is 0 Å². The van der Waals surface area contributed by atoms with Gasteiger partial charge in [0, 0.05) is 18.4 Å². The van der Waals surface area contributed by atoms with Gasteiger partial charge in [-0.2, -0.15) is 0 Å². The van der Waals surface area contributed by atoms with Crippen LogP contribution in [0.3, 0.4) is 0 Å². The van der Waals surface area contributed by atoms with Crippen LogP contribution in [0.25, 0.3) is 0 Å². The Bertz CT molecular complexity index is 157. The van der Waals surface area contributed by atoms with Gasteiger partial charge in [0.1, 0.15) is 0 Å². The lowest BCUT2D eigenvalue weighted by Crippen LogP contribution is -2.37. The molecular weight excluding hydrogens is 150 g/mol. The van der Waals surface area contributed by atoms with Gasteiger partial charge in [0.05, 0.1) is 7.11 Å². The van der Waals surface area contributed by atoms with E-state index in [4.69, 9.17) is 0 Å². The number of carbonyl (C=O) groups is 2. The first-order chi connectivity index (χ1) is 5.06. The van der Waals surface area contributed by atoms with Gasteiger partial charge in [0.25, 0.3) is 0 Å². The second-order valence-corrected chi connectivity index (χ2v) is 2.11. The lowest BCUT2D eigenvalue weighted by atomic mass is 10.2. The summed E-state index contributed by atoms with van der Waals surface area (Å²) in [6.45, 7) is 1.55. The van der Waals surface area contributed by atoms with Crippen molar-refractivity contribution in [3.05, 3.63) is 0 Å². The Kier molecular flexibility index (Phi) is 4.02. The van der Waals surface area contributed by atoms with Gasteiger partial charge in [-0.05, 0) is 6.92 Å². The summed E-state index contributed by atoms with van der Waals surface area (Å²) >= 11 is 0. The number of rotatable bonds is 3. The summed E-state index contributed by atoms with van der Waals surface area (Å²) in [5, 5.41) is 12.3. The van der Waals surface area contributed by atoms with Crippen LogP contribution in [0.2, 0.25) is 0 Å². The number of amides is 1. The number of carboxylic acids is 1. The summed E-state index contributed by atoms with van der Waals surface area (Å²) in [5.41, 5.74) is 0. The number of hydrogen-bond acceptors (Lipinski definition) is 4. The molecule has 0 rings (SSSR count). The van der Waals surface area contributed by atoms with E-state index >= 15 is 0 Å². The molecule has 0 bridgehead atoms. The summed E-state index contributed by atoms with van der Waals surface area (Å²) in [7, 11) is 1.21. The van der Waals surface area contributed by atoms with Gasteiger partial charge >= 0.3 is 6.09 Å². The van der Waals surface area contributed by atoms with Crippen molar-refractivity contribution in [1.29, 1.82) is 0 Å². The van der Waals surface area contributed by atoms with E-state index in [9.17, 15) is 14.7 Å². The van der Waals surface area contributed by atoms with Crippen molar-refractivity contribution < 1.29 is 19.4 Å². The molecule has 5 heteroatoms. The molecule has 0 aromatic rings. The molecule has 0 aromatic heterocycles. The predicted octanol–water partition coefficient (Wildman–Crippen LogP) is -1.13. The Labute approximate surface area is 64.3 Å². The normalized spacial score (nSPS) is 11.8. The zero-order valence-electron chi connectivity index (χ0n) is 6.42. The maximum atomic E-state index is 10.5. The average Bonchev–Trinajstić information content (AvgIpc) is 1.85. The second-order valence-electron chi connectivity index (χ2n) is 2.11. The lowest BCUT2D eigenvalue weighted by Gasteiger charge is -2.12. The second kappa shape index (κ2) is 4.54. The quantitative estimate of drug-likeness (QED) is 0.566. The van der Waals surface area contributed by atoms with Gasteiger partial charge in [-0.15, -0.1) is 0 Å². The Balaban J connectivity index is 3.60. The molecule has 0 saturated carbocycles. The maximum Gasteiger partial charge on any atom is 0.407 e. The topological polar surface area (TPSA) is 78.5 Å². The van der Waals surface area contributed by atoms with Crippen LogP contribution in [0, 0.1) is 0 Å². The van der Waals surface area contributed by atoms with Crippen LogP contribution in [-0.2, 0) is 9.53 Å². The van der Waals surface area contributed by atoms with Crippen LogP contribution < -0.4 is 10.4 Å². The molecule has 1 amide bonds. The summed E-state index contributed by atoms with van der Waals surface area (Å²) in [6, 6.07) is -0.465. The molecular formula is C6H10NO4-. The van der Waals surface area contributed by atoms with Gasteiger partial charge in [0.2, 0.25) is 0 Å². The first-order valence-corrected chi connectivity index (χ1v) is 3.10. The largest absolute Gasteiger partial charge is 0.550 e. The van der Waals surface area contributed by atoms with Crippen LogP contribution in [0.1, 0.15) is 13.3 Å². The fourth-order valence-electron chi connectivity index (χ4n) is 0.561. The number of carboxylic acid groups (broad SMARTS) is 1. The molecule has 0 heterocycles. The van der Waals surface area contributed by atoms with Crippen LogP contribution >= 0.6 is 0 Å². The zero-order valence-corrected chi connectivity index (χ0v) is 6.42.